The monoisotopic (exact) mass is 897 g/mol. The van der Waals surface area contributed by atoms with Crippen LogP contribution in [-0.4, -0.2) is 16.5 Å². The molecule has 0 amide bonds. The second-order valence-electron chi connectivity index (χ2n) is 17.3. The minimum Gasteiger partial charge on any atom is -0.606 e. The minimum absolute atomic E-state index is 0.00181. The first-order valence-electron chi connectivity index (χ1n) is 25.3. The van der Waals surface area contributed by atoms with Crippen molar-refractivity contribution in [1.29, 1.82) is 0 Å². The highest BCUT2D eigenvalue weighted by atomic mass is 32.2. The third kappa shape index (κ3) is 29.4. The smallest absolute Gasteiger partial charge is 0.168 e. The predicted molar refractivity (Wildman–Crippen MR) is 260 cm³/mol. The lowest BCUT2D eigenvalue weighted by Crippen LogP contribution is -2.32. The average Bonchev–Trinajstić information content (AvgIpc) is 3.32. The molecule has 64 heavy (non-hydrogen) atoms. The Morgan fingerprint density at radius 3 is 0.844 bits per heavy atom. The Labute approximate surface area is 392 Å². The van der Waals surface area contributed by atoms with E-state index in [-0.39, 0.29) is 11.1 Å². The van der Waals surface area contributed by atoms with Crippen molar-refractivity contribution in [2.24, 2.45) is 0 Å². The van der Waals surface area contributed by atoms with E-state index in [1.54, 1.807) is 0 Å². The number of rotatable bonds is 34. The van der Waals surface area contributed by atoms with Gasteiger partial charge in [0, 0.05) is 48.3 Å². The lowest BCUT2D eigenvalue weighted by molar-refractivity contribution is -0.697. The zero-order chi connectivity index (χ0) is 46.1. The number of aromatic nitrogens is 2. The van der Waals surface area contributed by atoms with E-state index >= 15 is 0 Å². The molecule has 0 aliphatic heterocycles. The van der Waals surface area contributed by atoms with E-state index in [9.17, 15) is 24.4 Å². The van der Waals surface area contributed by atoms with Crippen molar-refractivity contribution in [3.05, 3.63) is 121 Å². The van der Waals surface area contributed by atoms with Gasteiger partial charge >= 0.3 is 0 Å². The highest BCUT2D eigenvalue weighted by Gasteiger charge is 2.15. The lowest BCUT2D eigenvalue weighted by Gasteiger charge is -2.11. The van der Waals surface area contributed by atoms with Gasteiger partial charge < -0.3 is 24.4 Å². The van der Waals surface area contributed by atoms with Crippen molar-refractivity contribution in [3.8, 4) is 0 Å². The molecule has 0 bridgehead atoms. The molecular weight excluding hydrogens is 813 g/mol. The van der Waals surface area contributed by atoms with E-state index in [0.717, 1.165) is 0 Å². The molecule has 0 saturated carbocycles. The fraction of sp³-hybridized carbons (Fsp3) is 0.571. The van der Waals surface area contributed by atoms with Crippen LogP contribution in [0, 0.1) is 0 Å². The minimum atomic E-state index is -1.52. The summed E-state index contributed by atoms with van der Waals surface area (Å²) in [5, 5.41) is 21.2. The first-order chi connectivity index (χ1) is 31.3. The summed E-state index contributed by atoms with van der Waals surface area (Å²) < 4.78 is 16.8. The van der Waals surface area contributed by atoms with Crippen LogP contribution in [0.3, 0.4) is 0 Å². The van der Waals surface area contributed by atoms with Crippen LogP contribution in [0.15, 0.2) is 120 Å². The number of aromatic carboxylic acids is 2. The first-order valence-corrected chi connectivity index (χ1v) is 26.4. The second-order valence-corrected chi connectivity index (χ2v) is 18.8. The van der Waals surface area contributed by atoms with Gasteiger partial charge in [0.05, 0.1) is 11.9 Å². The number of aryl methyl sites for hydroxylation is 2. The average molecular weight is 897 g/mol. The maximum Gasteiger partial charge on any atom is 0.168 e. The first kappa shape index (κ1) is 56.1. The fourth-order valence-corrected chi connectivity index (χ4v) is 8.75. The Bertz CT molecular complexity index is 1550. The maximum absolute atomic E-state index is 12.2. The van der Waals surface area contributed by atoms with E-state index in [0.29, 0.717) is 9.79 Å². The highest BCUT2D eigenvalue weighted by Crippen LogP contribution is 2.22. The molecule has 8 heteroatoms. The number of benzene rings is 2. The molecule has 4 rings (SSSR count). The molecule has 2 aromatic heterocycles. The Balaban J connectivity index is 0.000000330. The van der Waals surface area contributed by atoms with Gasteiger partial charge in [0.2, 0.25) is 0 Å². The number of hydrogen-bond acceptors (Lipinski definition) is 5. The van der Waals surface area contributed by atoms with Crippen molar-refractivity contribution < 1.29 is 33.5 Å². The summed E-state index contributed by atoms with van der Waals surface area (Å²) in [4.78, 5) is 22.0. The normalized spacial score (nSPS) is 10.8. The standard InChI is InChI=1S/2C21H38N.C14H10O5S/c2*1-2-3-4-5-6-7-8-9-10-11-12-13-14-16-19-22-20-17-15-18-21-22;15-13(16)9-1-5-11(6-2-9)20(19)12-7-3-10(4-8-12)14(17)18/h2*15,17-18,20-21H,2-14,16,19H2,1H3;1-8H,(H,15,16)(H,17,18)/q2*+1;/p-2. The Hall–Kier alpha value is -4.01. The quantitative estimate of drug-likeness (QED) is 0.0263. The maximum atomic E-state index is 12.2. The molecular formula is C56H84N2O5S. The molecule has 0 atom stereocenters. The molecule has 354 valence electrons. The number of nitrogens with zero attached hydrogens (tertiary/aromatic N) is 2. The van der Waals surface area contributed by atoms with Gasteiger partial charge in [0.1, 0.15) is 13.1 Å². The molecule has 0 fully saturated rings. The Kier molecular flexibility index (Phi) is 34.5. The van der Waals surface area contributed by atoms with Crippen molar-refractivity contribution in [2.45, 2.75) is 217 Å². The van der Waals surface area contributed by atoms with Gasteiger partial charge in [-0.1, -0.05) is 180 Å². The molecule has 7 nitrogen and oxygen atoms in total. The Morgan fingerprint density at radius 1 is 0.375 bits per heavy atom. The predicted octanol–water partition coefficient (Wildman–Crippen LogP) is 12.5. The van der Waals surface area contributed by atoms with Crippen molar-refractivity contribution >= 4 is 23.1 Å². The summed E-state index contributed by atoms with van der Waals surface area (Å²) in [6.45, 7) is 6.94. The molecule has 2 aromatic carbocycles. The van der Waals surface area contributed by atoms with Crippen LogP contribution in [0.1, 0.15) is 214 Å². The lowest BCUT2D eigenvalue weighted by atomic mass is 10.0. The van der Waals surface area contributed by atoms with Crippen molar-refractivity contribution in [2.75, 3.05) is 0 Å². The van der Waals surface area contributed by atoms with E-state index < -0.39 is 23.1 Å². The second kappa shape index (κ2) is 39.4. The van der Waals surface area contributed by atoms with Crippen LogP contribution in [0.2, 0.25) is 0 Å². The van der Waals surface area contributed by atoms with E-state index in [1.807, 2.05) is 0 Å². The van der Waals surface area contributed by atoms with Crippen LogP contribution in [-0.2, 0) is 24.3 Å². The molecule has 4 aromatic rings. The molecule has 2 heterocycles. The van der Waals surface area contributed by atoms with E-state index in [1.165, 1.54) is 241 Å². The Morgan fingerprint density at radius 2 is 0.609 bits per heavy atom. The summed E-state index contributed by atoms with van der Waals surface area (Å²) in [6.07, 6.45) is 48.8. The number of carboxylic acid groups (broad SMARTS) is 2. The van der Waals surface area contributed by atoms with Gasteiger partial charge in [-0.2, -0.15) is 0 Å². The summed E-state index contributed by atoms with van der Waals surface area (Å²) in [6, 6.07) is 23.5. The van der Waals surface area contributed by atoms with Crippen LogP contribution < -0.4 is 19.3 Å². The number of carboxylic acids is 2. The molecule has 0 aliphatic carbocycles. The number of carbonyl (C=O) groups excluding carboxylic acids is 2. The topological polar surface area (TPSA) is 111 Å². The van der Waals surface area contributed by atoms with Crippen molar-refractivity contribution in [3.63, 3.8) is 0 Å². The van der Waals surface area contributed by atoms with Gasteiger partial charge in [-0.3, -0.25) is 0 Å². The van der Waals surface area contributed by atoms with E-state index in [4.69, 9.17) is 0 Å². The highest BCUT2D eigenvalue weighted by molar-refractivity contribution is 7.91. The molecule has 0 aliphatic rings. The van der Waals surface area contributed by atoms with Gasteiger partial charge in [-0.15, -0.1) is 0 Å². The van der Waals surface area contributed by atoms with Gasteiger partial charge in [0.15, 0.2) is 34.6 Å². The van der Waals surface area contributed by atoms with Crippen LogP contribution in [0.4, 0.5) is 0 Å². The molecule has 0 N–H and O–H groups in total. The number of carbonyl (C=O) groups is 2. The molecule has 0 unspecified atom stereocenters. The SMILES string of the molecule is CCCCCCCCCCCCCCCC[n+]1ccccc1.CCCCCCCCCCCCCCCC[n+]1ccccc1.O=C([O-])c1ccc([S+]([O-])c2ccc(C(=O)[O-])cc2)cc1. The third-order valence-electron chi connectivity index (χ3n) is 11.7. The van der Waals surface area contributed by atoms with Crippen molar-refractivity contribution in [1.82, 2.24) is 0 Å². The number of unbranched alkanes of at least 4 members (excludes halogenated alkanes) is 26. The summed E-state index contributed by atoms with van der Waals surface area (Å²) in [7, 11) is 0. The van der Waals surface area contributed by atoms with Gasteiger partial charge in [-0.25, -0.2) is 9.13 Å². The molecule has 0 spiro atoms. The summed E-state index contributed by atoms with van der Waals surface area (Å²) in [5.41, 5.74) is -0.00361. The number of pyridine rings is 2. The van der Waals surface area contributed by atoms with Gasteiger partial charge in [0.25, 0.3) is 0 Å². The van der Waals surface area contributed by atoms with E-state index in [2.05, 4.69) is 84.2 Å². The summed E-state index contributed by atoms with van der Waals surface area (Å²) >= 11 is -1.52. The van der Waals surface area contributed by atoms with Gasteiger partial charge in [-0.05, 0) is 72.5 Å². The zero-order valence-electron chi connectivity index (χ0n) is 39.9. The van der Waals surface area contributed by atoms with Crippen LogP contribution >= 0.6 is 0 Å². The fourth-order valence-electron chi connectivity index (χ4n) is 7.71. The largest absolute Gasteiger partial charge is 0.606 e. The van der Waals surface area contributed by atoms with Crippen LogP contribution in [0.25, 0.3) is 0 Å². The third-order valence-corrected chi connectivity index (χ3v) is 13.1. The van der Waals surface area contributed by atoms with Crippen LogP contribution in [0.5, 0.6) is 0 Å². The number of hydrogen-bond donors (Lipinski definition) is 0. The zero-order valence-corrected chi connectivity index (χ0v) is 40.8. The molecule has 0 saturated heterocycles. The molecule has 0 radical (unpaired) electrons. The summed E-state index contributed by atoms with van der Waals surface area (Å²) in [5.74, 6) is -2.61.